The van der Waals surface area contributed by atoms with Crippen molar-refractivity contribution < 1.29 is 9.53 Å². The molecule has 26 heavy (non-hydrogen) atoms. The van der Waals surface area contributed by atoms with E-state index < -0.39 is 0 Å². The Morgan fingerprint density at radius 3 is 3.15 bits per heavy atom. The van der Waals surface area contributed by atoms with Gasteiger partial charge in [0.1, 0.15) is 5.82 Å². The van der Waals surface area contributed by atoms with Gasteiger partial charge in [-0.25, -0.2) is 4.98 Å². The van der Waals surface area contributed by atoms with E-state index in [0.717, 1.165) is 37.3 Å². The van der Waals surface area contributed by atoms with Crippen molar-refractivity contribution in [2.24, 2.45) is 11.8 Å². The maximum absolute atomic E-state index is 12.3. The third-order valence-corrected chi connectivity index (χ3v) is 6.97. The van der Waals surface area contributed by atoms with Gasteiger partial charge in [-0.2, -0.15) is 11.3 Å². The fourth-order valence-electron chi connectivity index (χ4n) is 4.99. The number of hydrogen-bond acceptors (Lipinski definition) is 5. The molecule has 2 aromatic heterocycles. The van der Waals surface area contributed by atoms with Crippen molar-refractivity contribution in [3.63, 3.8) is 0 Å². The Morgan fingerprint density at radius 2 is 2.38 bits per heavy atom. The monoisotopic (exact) mass is 369 g/mol. The van der Waals surface area contributed by atoms with Crippen molar-refractivity contribution in [3.05, 3.63) is 46.3 Å². The van der Waals surface area contributed by atoms with E-state index in [4.69, 9.17) is 4.74 Å². The van der Waals surface area contributed by atoms with Crippen molar-refractivity contribution in [1.82, 2.24) is 10.3 Å². The highest BCUT2D eigenvalue weighted by molar-refractivity contribution is 7.08. The van der Waals surface area contributed by atoms with Gasteiger partial charge in [0.25, 0.3) is 5.91 Å². The third-order valence-electron chi connectivity index (χ3n) is 6.29. The summed E-state index contributed by atoms with van der Waals surface area (Å²) in [6.45, 7) is 4.64. The fraction of sp³-hybridized carbons (Fsp3) is 0.500. The van der Waals surface area contributed by atoms with Gasteiger partial charge in [-0.15, -0.1) is 0 Å². The van der Waals surface area contributed by atoms with Crippen molar-refractivity contribution in [1.29, 1.82) is 0 Å². The summed E-state index contributed by atoms with van der Waals surface area (Å²) < 4.78 is 6.48. The maximum Gasteiger partial charge on any atom is 0.252 e. The zero-order chi connectivity index (χ0) is 17.7. The molecule has 1 spiro atoms. The largest absolute Gasteiger partial charge is 0.369 e. The van der Waals surface area contributed by atoms with Crippen LogP contribution >= 0.6 is 11.3 Å². The lowest BCUT2D eigenvalue weighted by molar-refractivity contribution is 0.0141. The molecule has 5 heterocycles. The molecule has 3 aliphatic heterocycles. The first-order valence-electron chi connectivity index (χ1n) is 9.30. The number of amides is 1. The molecule has 2 aromatic rings. The molecular weight excluding hydrogens is 346 g/mol. The average Bonchev–Trinajstić information content (AvgIpc) is 3.40. The van der Waals surface area contributed by atoms with Crippen LogP contribution in [0.1, 0.15) is 28.8 Å². The van der Waals surface area contributed by atoms with Gasteiger partial charge in [0, 0.05) is 48.6 Å². The molecule has 0 unspecified atom stereocenters. The van der Waals surface area contributed by atoms with E-state index in [1.165, 1.54) is 5.56 Å². The SMILES string of the molecule is Cc1ccc(N2C[C@@H]3[C@H](CNC(=O)c4ccsc4)[C@H]4CC[C@]3(C2)O4)nc1. The average molecular weight is 369 g/mol. The van der Waals surface area contributed by atoms with Gasteiger partial charge in [0.05, 0.1) is 11.7 Å². The number of rotatable bonds is 4. The topological polar surface area (TPSA) is 54.5 Å². The molecule has 0 aliphatic carbocycles. The molecule has 5 rings (SSSR count). The molecule has 1 N–H and O–H groups in total. The van der Waals surface area contributed by atoms with Gasteiger partial charge < -0.3 is 15.0 Å². The van der Waals surface area contributed by atoms with E-state index in [-0.39, 0.29) is 17.6 Å². The summed E-state index contributed by atoms with van der Waals surface area (Å²) in [5.74, 6) is 1.92. The molecule has 4 atom stereocenters. The highest BCUT2D eigenvalue weighted by atomic mass is 32.1. The minimum atomic E-state index is -0.0466. The van der Waals surface area contributed by atoms with Crippen LogP contribution in [0.2, 0.25) is 0 Å². The molecule has 3 aliphatic rings. The molecule has 1 amide bonds. The van der Waals surface area contributed by atoms with Crippen LogP contribution < -0.4 is 10.2 Å². The summed E-state index contributed by atoms with van der Waals surface area (Å²) in [5.41, 5.74) is 1.89. The lowest BCUT2D eigenvalue weighted by Gasteiger charge is -2.29. The van der Waals surface area contributed by atoms with E-state index in [0.29, 0.717) is 18.4 Å². The lowest BCUT2D eigenvalue weighted by atomic mass is 9.73. The molecule has 136 valence electrons. The Kier molecular flexibility index (Phi) is 3.79. The van der Waals surface area contributed by atoms with Crippen molar-refractivity contribution in [3.8, 4) is 0 Å². The van der Waals surface area contributed by atoms with E-state index in [2.05, 4.69) is 34.3 Å². The quantitative estimate of drug-likeness (QED) is 0.900. The third kappa shape index (κ3) is 2.55. The van der Waals surface area contributed by atoms with Gasteiger partial charge in [0.15, 0.2) is 0 Å². The van der Waals surface area contributed by atoms with E-state index >= 15 is 0 Å². The van der Waals surface area contributed by atoms with Crippen molar-refractivity contribution >= 4 is 23.1 Å². The number of fused-ring (bicyclic) bond motifs is 1. The second-order valence-electron chi connectivity index (χ2n) is 7.83. The van der Waals surface area contributed by atoms with Crippen LogP contribution in [0.3, 0.4) is 0 Å². The maximum atomic E-state index is 12.3. The number of nitrogens with one attached hydrogen (secondary N) is 1. The van der Waals surface area contributed by atoms with Crippen LogP contribution in [-0.2, 0) is 4.74 Å². The lowest BCUT2D eigenvalue weighted by Crippen LogP contribution is -2.41. The van der Waals surface area contributed by atoms with Crippen LogP contribution in [0.4, 0.5) is 5.82 Å². The predicted molar refractivity (Wildman–Crippen MR) is 102 cm³/mol. The normalized spacial score (nSPS) is 32.0. The Labute approximate surface area is 157 Å². The number of carbonyl (C=O) groups is 1. The predicted octanol–water partition coefficient (Wildman–Crippen LogP) is 2.87. The molecule has 2 bridgehead atoms. The van der Waals surface area contributed by atoms with Gasteiger partial charge in [0.2, 0.25) is 0 Å². The van der Waals surface area contributed by atoms with Gasteiger partial charge in [-0.3, -0.25) is 4.79 Å². The van der Waals surface area contributed by atoms with Gasteiger partial charge in [-0.05, 0) is 42.8 Å². The van der Waals surface area contributed by atoms with Crippen LogP contribution in [0.15, 0.2) is 35.2 Å². The number of nitrogens with zero attached hydrogens (tertiary/aromatic N) is 2. The molecule has 3 saturated heterocycles. The Hall–Kier alpha value is -1.92. The molecule has 6 heteroatoms. The molecule has 3 fully saturated rings. The van der Waals surface area contributed by atoms with Crippen LogP contribution in [-0.4, -0.2) is 42.2 Å². The van der Waals surface area contributed by atoms with E-state index in [9.17, 15) is 4.79 Å². The molecular formula is C20H23N3O2S. The summed E-state index contributed by atoms with van der Waals surface area (Å²) in [6, 6.07) is 6.09. The second kappa shape index (κ2) is 6.06. The second-order valence-corrected chi connectivity index (χ2v) is 8.61. The zero-order valence-electron chi connectivity index (χ0n) is 14.9. The van der Waals surface area contributed by atoms with Crippen molar-refractivity contribution in [2.45, 2.75) is 31.5 Å². The standard InChI is InChI=1S/C20H23N3O2S/c1-13-2-3-18(21-8-13)23-10-16-15(17-4-6-20(16,12-23)25-17)9-22-19(24)14-5-7-26-11-14/h2-3,5,7-8,11,15-17H,4,6,9-10,12H2,1H3,(H,22,24)/t15-,16+,17+,20+/m0/s1. The Bertz CT molecular complexity index is 807. The number of hydrogen-bond donors (Lipinski definition) is 1. The molecule has 0 aromatic carbocycles. The van der Waals surface area contributed by atoms with Crippen molar-refractivity contribution in [2.75, 3.05) is 24.5 Å². The Morgan fingerprint density at radius 1 is 1.46 bits per heavy atom. The van der Waals surface area contributed by atoms with E-state index in [1.807, 2.05) is 23.0 Å². The minimum absolute atomic E-state index is 0.0260. The first-order valence-corrected chi connectivity index (χ1v) is 10.2. The van der Waals surface area contributed by atoms with Crippen LogP contribution in [0.25, 0.3) is 0 Å². The Balaban J connectivity index is 1.30. The highest BCUT2D eigenvalue weighted by Gasteiger charge is 2.63. The number of ether oxygens (including phenoxy) is 1. The summed E-state index contributed by atoms with van der Waals surface area (Å²) >= 11 is 1.55. The van der Waals surface area contributed by atoms with Crippen LogP contribution in [0.5, 0.6) is 0 Å². The van der Waals surface area contributed by atoms with Gasteiger partial charge in [-0.1, -0.05) is 6.07 Å². The zero-order valence-corrected chi connectivity index (χ0v) is 15.7. The molecule has 5 nitrogen and oxygen atoms in total. The number of pyridine rings is 1. The summed E-state index contributed by atoms with van der Waals surface area (Å²) in [7, 11) is 0. The number of aryl methyl sites for hydroxylation is 1. The number of aromatic nitrogens is 1. The first kappa shape index (κ1) is 16.3. The fourth-order valence-corrected chi connectivity index (χ4v) is 5.63. The number of anilines is 1. The highest BCUT2D eigenvalue weighted by Crippen LogP contribution is 2.55. The van der Waals surface area contributed by atoms with E-state index in [1.54, 1.807) is 11.3 Å². The summed E-state index contributed by atoms with van der Waals surface area (Å²) in [4.78, 5) is 19.3. The summed E-state index contributed by atoms with van der Waals surface area (Å²) in [5, 5.41) is 6.97. The smallest absolute Gasteiger partial charge is 0.252 e. The number of thiophene rings is 1. The molecule has 0 saturated carbocycles. The van der Waals surface area contributed by atoms with Gasteiger partial charge >= 0.3 is 0 Å². The van der Waals surface area contributed by atoms with Crippen LogP contribution in [0, 0.1) is 18.8 Å². The molecule has 0 radical (unpaired) electrons. The minimum Gasteiger partial charge on any atom is -0.369 e. The summed E-state index contributed by atoms with van der Waals surface area (Å²) in [6.07, 6.45) is 4.44. The number of carbonyl (C=O) groups excluding carboxylic acids is 1. The first-order chi connectivity index (χ1) is 12.6.